The number of carbonyl (C=O) groups is 2. The first-order valence-electron chi connectivity index (χ1n) is 11.0. The minimum absolute atomic E-state index is 0.0519. The van der Waals surface area contributed by atoms with Crippen molar-refractivity contribution in [2.24, 2.45) is 0 Å². The van der Waals surface area contributed by atoms with Gasteiger partial charge in [0.1, 0.15) is 6.04 Å². The summed E-state index contributed by atoms with van der Waals surface area (Å²) >= 11 is 12.3. The van der Waals surface area contributed by atoms with Crippen molar-refractivity contribution in [3.05, 3.63) is 64.1 Å². The molecule has 2 aromatic rings. The topological polar surface area (TPSA) is 86.8 Å². The van der Waals surface area contributed by atoms with E-state index < -0.39 is 16.1 Å². The molecule has 0 radical (unpaired) electrons. The van der Waals surface area contributed by atoms with Gasteiger partial charge in [-0.15, -0.1) is 0 Å². The highest BCUT2D eigenvalue weighted by Crippen LogP contribution is 2.23. The van der Waals surface area contributed by atoms with Gasteiger partial charge in [0.25, 0.3) is 0 Å². The van der Waals surface area contributed by atoms with Crippen LogP contribution in [-0.4, -0.2) is 50.0 Å². The number of anilines is 1. The van der Waals surface area contributed by atoms with Crippen LogP contribution in [0.2, 0.25) is 10.0 Å². The number of halogens is 2. The van der Waals surface area contributed by atoms with Gasteiger partial charge in [0.2, 0.25) is 21.8 Å². The maximum absolute atomic E-state index is 13.2. The van der Waals surface area contributed by atoms with Crippen LogP contribution in [0.25, 0.3) is 0 Å². The zero-order chi connectivity index (χ0) is 25.5. The number of sulfonamides is 1. The van der Waals surface area contributed by atoms with Crippen LogP contribution in [-0.2, 0) is 26.2 Å². The third kappa shape index (κ3) is 8.18. The number of hydrogen-bond acceptors (Lipinski definition) is 4. The fourth-order valence-corrected chi connectivity index (χ4v) is 4.77. The van der Waals surface area contributed by atoms with Gasteiger partial charge < -0.3 is 10.2 Å². The average Bonchev–Trinajstić information content (AvgIpc) is 2.74. The Morgan fingerprint density at radius 1 is 1.03 bits per heavy atom. The van der Waals surface area contributed by atoms with Gasteiger partial charge in [-0.1, -0.05) is 47.5 Å². The van der Waals surface area contributed by atoms with E-state index in [9.17, 15) is 18.0 Å². The summed E-state index contributed by atoms with van der Waals surface area (Å²) in [6, 6.07) is 12.9. The molecule has 10 heteroatoms. The van der Waals surface area contributed by atoms with E-state index in [1.807, 2.05) is 19.9 Å². The van der Waals surface area contributed by atoms with Gasteiger partial charge in [0.05, 0.1) is 11.9 Å². The van der Waals surface area contributed by atoms with Gasteiger partial charge in [0.15, 0.2) is 0 Å². The number of nitrogens with zero attached hydrogens (tertiary/aromatic N) is 2. The first-order chi connectivity index (χ1) is 15.9. The van der Waals surface area contributed by atoms with Crippen molar-refractivity contribution < 1.29 is 18.0 Å². The number of carbonyl (C=O) groups excluding carboxylic acids is 2. The van der Waals surface area contributed by atoms with Crippen molar-refractivity contribution in [3.8, 4) is 0 Å². The van der Waals surface area contributed by atoms with Gasteiger partial charge >= 0.3 is 0 Å². The quantitative estimate of drug-likeness (QED) is 0.466. The summed E-state index contributed by atoms with van der Waals surface area (Å²) in [5, 5.41) is 3.75. The Morgan fingerprint density at radius 3 is 2.29 bits per heavy atom. The molecule has 0 fully saturated rings. The molecule has 0 heterocycles. The molecule has 34 heavy (non-hydrogen) atoms. The zero-order valence-electron chi connectivity index (χ0n) is 19.8. The normalized spacial score (nSPS) is 12.3. The van der Waals surface area contributed by atoms with E-state index in [0.29, 0.717) is 15.7 Å². The lowest BCUT2D eigenvalue weighted by Gasteiger charge is -2.30. The Hall–Kier alpha value is -2.29. The fraction of sp³-hybridized carbons (Fsp3) is 0.417. The Labute approximate surface area is 212 Å². The lowest BCUT2D eigenvalue weighted by Crippen LogP contribution is -2.49. The Kier molecular flexibility index (Phi) is 10.2. The molecular formula is C24H31Cl2N3O4S. The van der Waals surface area contributed by atoms with Crippen LogP contribution in [0.3, 0.4) is 0 Å². The summed E-state index contributed by atoms with van der Waals surface area (Å²) in [5.41, 5.74) is 1.15. The van der Waals surface area contributed by atoms with E-state index >= 15 is 0 Å². The average molecular weight is 529 g/mol. The van der Waals surface area contributed by atoms with Gasteiger partial charge in [-0.3, -0.25) is 13.9 Å². The highest BCUT2D eigenvalue weighted by atomic mass is 35.5. The number of hydrogen-bond donors (Lipinski definition) is 1. The van der Waals surface area contributed by atoms with E-state index in [2.05, 4.69) is 5.32 Å². The molecule has 0 saturated carbocycles. The largest absolute Gasteiger partial charge is 0.352 e. The number of nitrogens with one attached hydrogen (secondary N) is 1. The van der Waals surface area contributed by atoms with Crippen LogP contribution in [0.15, 0.2) is 48.5 Å². The van der Waals surface area contributed by atoms with Crippen LogP contribution >= 0.6 is 23.2 Å². The highest BCUT2D eigenvalue weighted by Gasteiger charge is 2.27. The minimum Gasteiger partial charge on any atom is -0.352 e. The molecule has 2 amide bonds. The fourth-order valence-electron chi connectivity index (χ4n) is 3.43. The monoisotopic (exact) mass is 527 g/mol. The Balaban J connectivity index is 2.18. The van der Waals surface area contributed by atoms with Gasteiger partial charge in [0, 0.05) is 35.6 Å². The molecule has 0 bridgehead atoms. The predicted octanol–water partition coefficient (Wildman–Crippen LogP) is 4.48. The maximum atomic E-state index is 13.2. The van der Waals surface area contributed by atoms with E-state index in [4.69, 9.17) is 23.2 Å². The standard InChI is InChI=1S/C24H31Cl2N3O4S/c1-17(2)27-24(31)18(3)28(16-19-9-5-6-12-22(19)26)23(30)13-8-14-29(34(4,32)33)21-11-7-10-20(25)15-21/h5-7,9-12,15,17-18H,8,13-14,16H2,1-4H3,(H,27,31). The van der Waals surface area contributed by atoms with Gasteiger partial charge in [-0.05, 0) is 57.0 Å². The first kappa shape index (κ1) is 28.0. The second-order valence-corrected chi connectivity index (χ2v) is 11.1. The van der Waals surface area contributed by atoms with Crippen molar-refractivity contribution in [2.75, 3.05) is 17.1 Å². The third-order valence-corrected chi connectivity index (χ3v) is 6.94. The molecule has 2 aromatic carbocycles. The zero-order valence-corrected chi connectivity index (χ0v) is 22.1. The van der Waals surface area contributed by atoms with E-state index in [0.717, 1.165) is 11.8 Å². The molecule has 0 aliphatic carbocycles. The van der Waals surface area contributed by atoms with Gasteiger partial charge in [-0.2, -0.15) is 0 Å². The summed E-state index contributed by atoms with van der Waals surface area (Å²) < 4.78 is 25.9. The second-order valence-electron chi connectivity index (χ2n) is 8.37. The lowest BCUT2D eigenvalue weighted by molar-refractivity contribution is -0.140. The molecule has 1 N–H and O–H groups in total. The molecule has 2 rings (SSSR count). The van der Waals surface area contributed by atoms with Crippen molar-refractivity contribution in [3.63, 3.8) is 0 Å². The van der Waals surface area contributed by atoms with Gasteiger partial charge in [-0.25, -0.2) is 8.42 Å². The molecule has 0 saturated heterocycles. The molecule has 0 spiro atoms. The summed E-state index contributed by atoms with van der Waals surface area (Å²) in [6.45, 7) is 5.62. The highest BCUT2D eigenvalue weighted by molar-refractivity contribution is 7.92. The summed E-state index contributed by atoms with van der Waals surface area (Å²) in [7, 11) is -3.58. The number of rotatable bonds is 11. The van der Waals surface area contributed by atoms with E-state index in [-0.39, 0.29) is 43.8 Å². The van der Waals surface area contributed by atoms with Crippen LogP contribution in [0.1, 0.15) is 39.2 Å². The minimum atomic E-state index is -3.58. The molecule has 1 unspecified atom stereocenters. The Morgan fingerprint density at radius 2 is 1.71 bits per heavy atom. The molecule has 186 valence electrons. The van der Waals surface area contributed by atoms with Crippen molar-refractivity contribution >= 4 is 50.7 Å². The first-order valence-corrected chi connectivity index (χ1v) is 13.6. The second kappa shape index (κ2) is 12.4. The molecule has 1 atom stereocenters. The Bertz CT molecular complexity index is 1110. The smallest absolute Gasteiger partial charge is 0.242 e. The maximum Gasteiger partial charge on any atom is 0.242 e. The van der Waals surface area contributed by atoms with Crippen LogP contribution in [0, 0.1) is 0 Å². The number of amides is 2. The van der Waals surface area contributed by atoms with Crippen molar-refractivity contribution in [1.29, 1.82) is 0 Å². The SMILES string of the molecule is CC(C)NC(=O)C(C)N(Cc1ccccc1Cl)C(=O)CCCN(c1cccc(Cl)c1)S(C)(=O)=O. The van der Waals surface area contributed by atoms with Crippen LogP contribution in [0.5, 0.6) is 0 Å². The third-order valence-electron chi connectivity index (χ3n) is 5.15. The van der Waals surface area contributed by atoms with Crippen LogP contribution < -0.4 is 9.62 Å². The summed E-state index contributed by atoms with van der Waals surface area (Å²) in [6.07, 6.45) is 1.42. The molecule has 0 aromatic heterocycles. The molecule has 0 aliphatic rings. The van der Waals surface area contributed by atoms with Crippen LogP contribution in [0.4, 0.5) is 5.69 Å². The molecule has 0 aliphatic heterocycles. The predicted molar refractivity (Wildman–Crippen MR) is 138 cm³/mol. The van der Waals surface area contributed by atoms with Crippen molar-refractivity contribution in [2.45, 2.75) is 52.2 Å². The van der Waals surface area contributed by atoms with Crippen molar-refractivity contribution in [1.82, 2.24) is 10.2 Å². The molecular weight excluding hydrogens is 497 g/mol. The summed E-state index contributed by atoms with van der Waals surface area (Å²) in [4.78, 5) is 27.4. The molecule has 7 nitrogen and oxygen atoms in total. The number of benzene rings is 2. The van der Waals surface area contributed by atoms with E-state index in [1.165, 1.54) is 9.21 Å². The lowest BCUT2D eigenvalue weighted by atomic mass is 10.1. The van der Waals surface area contributed by atoms with E-state index in [1.54, 1.807) is 49.4 Å². The summed E-state index contributed by atoms with van der Waals surface area (Å²) in [5.74, 6) is -0.544.